The number of aromatic carboxylic acids is 1. The van der Waals surface area contributed by atoms with Crippen LogP contribution < -0.4 is 0 Å². The van der Waals surface area contributed by atoms with Crippen LogP contribution in [-0.4, -0.2) is 44.6 Å². The lowest BCUT2D eigenvalue weighted by molar-refractivity contribution is 0.0446. The van der Waals surface area contributed by atoms with E-state index in [1.807, 2.05) is 0 Å². The molecule has 1 rings (SSSR count). The maximum absolute atomic E-state index is 10.8. The van der Waals surface area contributed by atoms with E-state index in [1.165, 1.54) is 0 Å². The number of carboxylic acids is 1. The lowest BCUT2D eigenvalue weighted by Crippen LogP contribution is -2.05. The lowest BCUT2D eigenvalue weighted by Gasteiger charge is -2.04. The summed E-state index contributed by atoms with van der Waals surface area (Å²) in [5, 5.41) is 8.83. The van der Waals surface area contributed by atoms with Gasteiger partial charge in [0, 0.05) is 25.9 Å². The highest BCUT2D eigenvalue weighted by molar-refractivity contribution is 5.86. The van der Waals surface area contributed by atoms with Gasteiger partial charge in [0.05, 0.1) is 13.2 Å². The molecule has 0 bridgehead atoms. The van der Waals surface area contributed by atoms with E-state index in [-0.39, 0.29) is 12.4 Å². The van der Waals surface area contributed by atoms with E-state index < -0.39 is 5.97 Å². The van der Waals surface area contributed by atoms with Crippen LogP contribution in [0.25, 0.3) is 0 Å². The summed E-state index contributed by atoms with van der Waals surface area (Å²) < 4.78 is 20.7. The smallest absolute Gasteiger partial charge is 0.372 e. The first-order chi connectivity index (χ1) is 9.15. The Hall–Kier alpha value is -1.37. The van der Waals surface area contributed by atoms with Gasteiger partial charge in [0.25, 0.3) is 0 Å². The highest BCUT2D eigenvalue weighted by Gasteiger charge is 2.13. The van der Waals surface area contributed by atoms with E-state index >= 15 is 0 Å². The standard InChI is InChI=1S/C13H20O6/c1-10-8-11(19-12(10)13(14)15)9-18-5-3-4-17-7-6-16-2/h8H,3-7,9H2,1-2H3,(H,14,15). The normalized spacial score (nSPS) is 10.8. The molecule has 0 unspecified atom stereocenters. The van der Waals surface area contributed by atoms with Crippen LogP contribution in [0.4, 0.5) is 0 Å². The number of hydrogen-bond donors (Lipinski definition) is 1. The van der Waals surface area contributed by atoms with Crippen molar-refractivity contribution < 1.29 is 28.5 Å². The first kappa shape index (κ1) is 15.7. The van der Waals surface area contributed by atoms with Crippen molar-refractivity contribution in [2.24, 2.45) is 0 Å². The zero-order valence-corrected chi connectivity index (χ0v) is 11.3. The number of carbonyl (C=O) groups is 1. The Labute approximate surface area is 112 Å². The minimum atomic E-state index is -1.06. The molecular formula is C13H20O6. The molecule has 0 fully saturated rings. The summed E-state index contributed by atoms with van der Waals surface area (Å²) in [6.45, 7) is 4.28. The highest BCUT2D eigenvalue weighted by Crippen LogP contribution is 2.15. The van der Waals surface area contributed by atoms with E-state index in [0.29, 0.717) is 37.8 Å². The summed E-state index contributed by atoms with van der Waals surface area (Å²) in [6, 6.07) is 1.68. The molecule has 0 aromatic carbocycles. The number of aryl methyl sites for hydroxylation is 1. The van der Waals surface area contributed by atoms with Gasteiger partial charge >= 0.3 is 5.97 Å². The highest BCUT2D eigenvalue weighted by atomic mass is 16.5. The van der Waals surface area contributed by atoms with Crippen LogP contribution in [0.3, 0.4) is 0 Å². The predicted molar refractivity (Wildman–Crippen MR) is 67.4 cm³/mol. The van der Waals surface area contributed by atoms with Crippen LogP contribution in [-0.2, 0) is 20.8 Å². The number of furan rings is 1. The van der Waals surface area contributed by atoms with E-state index in [2.05, 4.69) is 0 Å². The van der Waals surface area contributed by atoms with Gasteiger partial charge < -0.3 is 23.7 Å². The van der Waals surface area contributed by atoms with Gasteiger partial charge in [-0.1, -0.05) is 0 Å². The average Bonchev–Trinajstić information content (AvgIpc) is 2.74. The largest absolute Gasteiger partial charge is 0.475 e. The van der Waals surface area contributed by atoms with Gasteiger partial charge in [0.2, 0.25) is 5.76 Å². The minimum absolute atomic E-state index is 0.0264. The van der Waals surface area contributed by atoms with Gasteiger partial charge in [0.15, 0.2) is 0 Å². The topological polar surface area (TPSA) is 78.1 Å². The summed E-state index contributed by atoms with van der Waals surface area (Å²) in [5.41, 5.74) is 0.606. The maximum atomic E-state index is 10.8. The monoisotopic (exact) mass is 272 g/mol. The molecule has 0 atom stereocenters. The van der Waals surface area contributed by atoms with E-state index in [1.54, 1.807) is 20.1 Å². The molecule has 0 saturated carbocycles. The van der Waals surface area contributed by atoms with Crippen LogP contribution in [0.2, 0.25) is 0 Å². The van der Waals surface area contributed by atoms with E-state index in [0.717, 1.165) is 6.42 Å². The number of rotatable bonds is 10. The summed E-state index contributed by atoms with van der Waals surface area (Å²) in [4.78, 5) is 10.8. The molecule has 0 saturated heterocycles. The Kier molecular flexibility index (Phi) is 7.17. The number of methoxy groups -OCH3 is 1. The Morgan fingerprint density at radius 1 is 1.26 bits per heavy atom. The molecule has 108 valence electrons. The molecule has 0 aliphatic rings. The molecule has 19 heavy (non-hydrogen) atoms. The molecule has 1 N–H and O–H groups in total. The second-order valence-electron chi connectivity index (χ2n) is 4.04. The SMILES string of the molecule is COCCOCCCOCc1cc(C)c(C(=O)O)o1. The predicted octanol–water partition coefficient (Wildman–Crippen LogP) is 1.86. The van der Waals surface area contributed by atoms with Gasteiger partial charge in [-0.05, 0) is 19.4 Å². The number of carboxylic acid groups (broad SMARTS) is 1. The third-order valence-corrected chi connectivity index (χ3v) is 2.42. The Bertz CT molecular complexity index is 384. The molecule has 0 spiro atoms. The third kappa shape index (κ3) is 5.87. The molecule has 1 heterocycles. The van der Waals surface area contributed by atoms with Gasteiger partial charge in [-0.15, -0.1) is 0 Å². The first-order valence-electron chi connectivity index (χ1n) is 6.12. The van der Waals surface area contributed by atoms with Crippen molar-refractivity contribution in [3.8, 4) is 0 Å². The van der Waals surface area contributed by atoms with Crippen LogP contribution in [0.1, 0.15) is 28.3 Å². The van der Waals surface area contributed by atoms with Crippen molar-refractivity contribution in [2.75, 3.05) is 33.5 Å². The fraction of sp³-hybridized carbons (Fsp3) is 0.615. The molecular weight excluding hydrogens is 252 g/mol. The lowest BCUT2D eigenvalue weighted by atomic mass is 10.3. The minimum Gasteiger partial charge on any atom is -0.475 e. The number of ether oxygens (including phenoxy) is 3. The van der Waals surface area contributed by atoms with Crippen molar-refractivity contribution in [3.63, 3.8) is 0 Å². The van der Waals surface area contributed by atoms with E-state index in [9.17, 15) is 4.79 Å². The van der Waals surface area contributed by atoms with Crippen molar-refractivity contribution in [1.82, 2.24) is 0 Å². The summed E-state index contributed by atoms with van der Waals surface area (Å²) in [5.74, 6) is -0.563. The molecule has 0 aliphatic carbocycles. The maximum Gasteiger partial charge on any atom is 0.372 e. The van der Waals surface area contributed by atoms with Gasteiger partial charge in [0.1, 0.15) is 12.4 Å². The molecule has 0 amide bonds. The number of hydrogen-bond acceptors (Lipinski definition) is 5. The Balaban J connectivity index is 2.12. The Morgan fingerprint density at radius 2 is 2.00 bits per heavy atom. The van der Waals surface area contributed by atoms with Crippen LogP contribution in [0.5, 0.6) is 0 Å². The van der Waals surface area contributed by atoms with Gasteiger partial charge in [-0.25, -0.2) is 4.79 Å². The average molecular weight is 272 g/mol. The van der Waals surface area contributed by atoms with Crippen molar-refractivity contribution in [1.29, 1.82) is 0 Å². The van der Waals surface area contributed by atoms with Gasteiger partial charge in [-0.2, -0.15) is 0 Å². The fourth-order valence-electron chi connectivity index (χ4n) is 1.51. The zero-order valence-electron chi connectivity index (χ0n) is 11.3. The first-order valence-corrected chi connectivity index (χ1v) is 6.12. The summed E-state index contributed by atoms with van der Waals surface area (Å²) in [6.07, 6.45) is 0.773. The van der Waals surface area contributed by atoms with Crippen LogP contribution >= 0.6 is 0 Å². The van der Waals surface area contributed by atoms with Crippen molar-refractivity contribution in [3.05, 3.63) is 23.2 Å². The second-order valence-corrected chi connectivity index (χ2v) is 4.04. The molecule has 0 aliphatic heterocycles. The fourth-order valence-corrected chi connectivity index (χ4v) is 1.51. The van der Waals surface area contributed by atoms with Crippen molar-refractivity contribution in [2.45, 2.75) is 20.0 Å². The molecule has 6 heteroatoms. The van der Waals surface area contributed by atoms with Crippen molar-refractivity contribution >= 4 is 5.97 Å². The second kappa shape index (κ2) is 8.68. The van der Waals surface area contributed by atoms with Crippen LogP contribution in [0.15, 0.2) is 10.5 Å². The quantitative estimate of drug-likeness (QED) is 0.655. The van der Waals surface area contributed by atoms with Crippen LogP contribution in [0, 0.1) is 6.92 Å². The zero-order chi connectivity index (χ0) is 14.1. The molecule has 0 radical (unpaired) electrons. The third-order valence-electron chi connectivity index (χ3n) is 2.42. The Morgan fingerprint density at radius 3 is 2.63 bits per heavy atom. The molecule has 6 nitrogen and oxygen atoms in total. The molecule has 1 aromatic rings. The summed E-state index contributed by atoms with van der Waals surface area (Å²) >= 11 is 0. The van der Waals surface area contributed by atoms with E-state index in [4.69, 9.17) is 23.7 Å². The summed E-state index contributed by atoms with van der Waals surface area (Å²) in [7, 11) is 1.63. The van der Waals surface area contributed by atoms with Gasteiger partial charge in [-0.3, -0.25) is 0 Å². The molecule has 1 aromatic heterocycles.